The summed E-state index contributed by atoms with van der Waals surface area (Å²) in [5.41, 5.74) is -1.86. The van der Waals surface area contributed by atoms with E-state index in [2.05, 4.69) is 0 Å². The number of halogens is 3. The van der Waals surface area contributed by atoms with Gasteiger partial charge >= 0.3 is 12.1 Å². The molecule has 1 N–H and O–H groups in total. The van der Waals surface area contributed by atoms with Crippen molar-refractivity contribution in [2.24, 2.45) is 0 Å². The van der Waals surface area contributed by atoms with Gasteiger partial charge < -0.3 is 14.6 Å². The van der Waals surface area contributed by atoms with Gasteiger partial charge in [0.1, 0.15) is 0 Å². The minimum atomic E-state index is -4.58. The Labute approximate surface area is 119 Å². The van der Waals surface area contributed by atoms with Gasteiger partial charge in [0.25, 0.3) is 0 Å². The van der Waals surface area contributed by atoms with Crippen LogP contribution < -0.4 is 9.47 Å². The van der Waals surface area contributed by atoms with Gasteiger partial charge in [0, 0.05) is 5.41 Å². The molecule has 1 saturated carbocycles. The number of methoxy groups -OCH3 is 2. The van der Waals surface area contributed by atoms with Crippen LogP contribution in [0.15, 0.2) is 12.1 Å². The summed E-state index contributed by atoms with van der Waals surface area (Å²) in [6, 6.07) is 2.12. The van der Waals surface area contributed by atoms with Crippen LogP contribution in [0.2, 0.25) is 0 Å². The Kier molecular flexibility index (Phi) is 3.78. The second-order valence-electron chi connectivity index (χ2n) is 5.10. The van der Waals surface area contributed by atoms with Gasteiger partial charge in [-0.15, -0.1) is 0 Å². The summed E-state index contributed by atoms with van der Waals surface area (Å²) < 4.78 is 49.7. The Morgan fingerprint density at radius 3 is 2.14 bits per heavy atom. The Balaban J connectivity index is 2.60. The summed E-state index contributed by atoms with van der Waals surface area (Å²) >= 11 is 0. The van der Waals surface area contributed by atoms with Crippen molar-refractivity contribution in [3.8, 4) is 11.5 Å². The largest absolute Gasteiger partial charge is 0.493 e. The lowest BCUT2D eigenvalue weighted by Crippen LogP contribution is -2.19. The van der Waals surface area contributed by atoms with Crippen LogP contribution in [-0.2, 0) is 16.4 Å². The molecule has 0 aromatic heterocycles. The first-order chi connectivity index (χ1) is 9.73. The molecule has 0 aliphatic heterocycles. The Bertz CT molecular complexity index is 562. The molecule has 0 amide bonds. The summed E-state index contributed by atoms with van der Waals surface area (Å²) in [4.78, 5) is 10.9. The lowest BCUT2D eigenvalue weighted by molar-refractivity contribution is -0.141. The topological polar surface area (TPSA) is 55.8 Å². The third-order valence-corrected chi connectivity index (χ3v) is 3.74. The van der Waals surface area contributed by atoms with Crippen LogP contribution in [0.4, 0.5) is 13.2 Å². The average molecular weight is 304 g/mol. The zero-order valence-corrected chi connectivity index (χ0v) is 11.6. The van der Waals surface area contributed by atoms with Crippen molar-refractivity contribution < 1.29 is 32.5 Å². The summed E-state index contributed by atoms with van der Waals surface area (Å²) in [5.74, 6) is -0.979. The first-order valence-electron chi connectivity index (χ1n) is 6.29. The molecule has 1 fully saturated rings. The minimum Gasteiger partial charge on any atom is -0.493 e. The normalized spacial score (nSPS) is 16.4. The van der Waals surface area contributed by atoms with Gasteiger partial charge in [-0.05, 0) is 30.5 Å². The number of benzene rings is 1. The van der Waals surface area contributed by atoms with Crippen LogP contribution >= 0.6 is 0 Å². The molecule has 4 nitrogen and oxygen atoms in total. The second kappa shape index (κ2) is 5.13. The molecule has 0 bridgehead atoms. The SMILES string of the molecule is COc1cc(C(F)(F)F)c(C2(CC(=O)O)CC2)cc1OC. The number of aliphatic carboxylic acids is 1. The number of rotatable bonds is 5. The maximum atomic E-state index is 13.3. The third-order valence-electron chi connectivity index (χ3n) is 3.74. The molecule has 0 heterocycles. The number of hydrogen-bond donors (Lipinski definition) is 1. The van der Waals surface area contributed by atoms with Crippen molar-refractivity contribution in [2.45, 2.75) is 30.9 Å². The highest BCUT2D eigenvalue weighted by Gasteiger charge is 2.51. The van der Waals surface area contributed by atoms with Crippen LogP contribution in [0.1, 0.15) is 30.4 Å². The number of alkyl halides is 3. The molecule has 0 unspecified atom stereocenters. The standard InChI is InChI=1S/C14H15F3O4/c1-20-10-5-8(13(3-4-13)7-12(18)19)9(14(15,16)17)6-11(10)21-2/h5-6H,3-4,7H2,1-2H3,(H,18,19). The van der Waals surface area contributed by atoms with Crippen molar-refractivity contribution in [3.63, 3.8) is 0 Å². The van der Waals surface area contributed by atoms with Crippen molar-refractivity contribution >= 4 is 5.97 Å². The van der Waals surface area contributed by atoms with Gasteiger partial charge in [-0.3, -0.25) is 4.79 Å². The van der Waals surface area contributed by atoms with E-state index in [1.807, 2.05) is 0 Å². The molecule has 1 aromatic rings. The predicted molar refractivity (Wildman–Crippen MR) is 67.7 cm³/mol. The smallest absolute Gasteiger partial charge is 0.416 e. The quantitative estimate of drug-likeness (QED) is 0.907. The van der Waals surface area contributed by atoms with Crippen LogP contribution in [0.5, 0.6) is 11.5 Å². The molecule has 2 rings (SSSR count). The van der Waals surface area contributed by atoms with Crippen molar-refractivity contribution in [2.75, 3.05) is 14.2 Å². The summed E-state index contributed by atoms with van der Waals surface area (Å²) in [6.45, 7) is 0. The van der Waals surface area contributed by atoms with E-state index >= 15 is 0 Å². The Morgan fingerprint density at radius 2 is 1.76 bits per heavy atom. The van der Waals surface area contributed by atoms with Gasteiger partial charge in [0.2, 0.25) is 0 Å². The number of carbonyl (C=O) groups is 1. The summed E-state index contributed by atoms with van der Waals surface area (Å²) in [7, 11) is 2.58. The van der Waals surface area contributed by atoms with Crippen LogP contribution in [0, 0.1) is 0 Å². The number of ether oxygens (including phenoxy) is 2. The molecule has 116 valence electrons. The summed E-state index contributed by atoms with van der Waals surface area (Å²) in [5, 5.41) is 8.93. The lowest BCUT2D eigenvalue weighted by Gasteiger charge is -2.22. The maximum Gasteiger partial charge on any atom is 0.416 e. The molecule has 0 saturated heterocycles. The number of carboxylic acids is 1. The fraction of sp³-hybridized carbons (Fsp3) is 0.500. The highest BCUT2D eigenvalue weighted by atomic mass is 19.4. The van der Waals surface area contributed by atoms with Gasteiger partial charge in [-0.1, -0.05) is 0 Å². The fourth-order valence-corrected chi connectivity index (χ4v) is 2.53. The van der Waals surface area contributed by atoms with Crippen LogP contribution in [0.3, 0.4) is 0 Å². The second-order valence-corrected chi connectivity index (χ2v) is 5.10. The molecule has 0 atom stereocenters. The molecule has 0 radical (unpaired) electrons. The van der Waals surface area contributed by atoms with Gasteiger partial charge in [-0.2, -0.15) is 13.2 Å². The highest BCUT2D eigenvalue weighted by molar-refractivity contribution is 5.71. The van der Waals surface area contributed by atoms with E-state index in [0.29, 0.717) is 12.8 Å². The minimum absolute atomic E-state index is 0.0281. The molecule has 1 aliphatic carbocycles. The number of carboxylic acid groups (broad SMARTS) is 1. The maximum absolute atomic E-state index is 13.3. The van der Waals surface area contributed by atoms with E-state index < -0.39 is 23.1 Å². The van der Waals surface area contributed by atoms with Crippen molar-refractivity contribution in [1.82, 2.24) is 0 Å². The van der Waals surface area contributed by atoms with Gasteiger partial charge in [0.05, 0.1) is 26.2 Å². The van der Waals surface area contributed by atoms with E-state index in [1.54, 1.807) is 0 Å². The zero-order valence-electron chi connectivity index (χ0n) is 11.6. The van der Waals surface area contributed by atoms with Crippen molar-refractivity contribution in [1.29, 1.82) is 0 Å². The molecule has 7 heteroatoms. The Hall–Kier alpha value is -1.92. The molecule has 1 aromatic carbocycles. The van der Waals surface area contributed by atoms with E-state index in [4.69, 9.17) is 14.6 Å². The van der Waals surface area contributed by atoms with E-state index in [9.17, 15) is 18.0 Å². The van der Waals surface area contributed by atoms with E-state index in [1.165, 1.54) is 20.3 Å². The first kappa shape index (κ1) is 15.5. The molecular formula is C14H15F3O4. The lowest BCUT2D eigenvalue weighted by atomic mass is 9.87. The number of hydrogen-bond acceptors (Lipinski definition) is 3. The zero-order chi connectivity index (χ0) is 15.8. The third kappa shape index (κ3) is 2.91. The highest BCUT2D eigenvalue weighted by Crippen LogP contribution is 2.56. The summed E-state index contributed by atoms with van der Waals surface area (Å²) in [6.07, 6.45) is -4.08. The first-order valence-corrected chi connectivity index (χ1v) is 6.29. The van der Waals surface area contributed by atoms with Gasteiger partial charge in [0.15, 0.2) is 11.5 Å². The van der Waals surface area contributed by atoms with Gasteiger partial charge in [-0.25, -0.2) is 0 Å². The predicted octanol–water partition coefficient (Wildman–Crippen LogP) is 3.23. The van der Waals surface area contributed by atoms with Crippen LogP contribution in [-0.4, -0.2) is 25.3 Å². The van der Waals surface area contributed by atoms with Crippen molar-refractivity contribution in [3.05, 3.63) is 23.3 Å². The van der Waals surface area contributed by atoms with E-state index in [0.717, 1.165) is 6.07 Å². The fourth-order valence-electron chi connectivity index (χ4n) is 2.53. The van der Waals surface area contributed by atoms with Crippen LogP contribution in [0.25, 0.3) is 0 Å². The van der Waals surface area contributed by atoms with E-state index in [-0.39, 0.29) is 23.5 Å². The monoisotopic (exact) mass is 304 g/mol. The molecular weight excluding hydrogens is 289 g/mol. The Morgan fingerprint density at radius 1 is 1.24 bits per heavy atom. The molecule has 0 spiro atoms. The average Bonchev–Trinajstić information content (AvgIpc) is 3.15. The molecule has 21 heavy (non-hydrogen) atoms. The molecule has 1 aliphatic rings.